The summed E-state index contributed by atoms with van der Waals surface area (Å²) in [4.78, 5) is 11.8. The van der Waals surface area contributed by atoms with E-state index in [2.05, 4.69) is 22.6 Å². The lowest BCUT2D eigenvalue weighted by molar-refractivity contribution is 0.00432. The SMILES string of the molecule is O=c1oc2cc(I)ccc2n1CC1CCC(F)(F)C1. The Morgan fingerprint density at radius 1 is 1.47 bits per heavy atom. The molecule has 1 aromatic carbocycles. The van der Waals surface area contributed by atoms with Crippen molar-refractivity contribution in [2.24, 2.45) is 5.92 Å². The first-order valence-corrected chi connectivity index (χ1v) is 7.19. The second-order valence-electron chi connectivity index (χ2n) is 5.06. The van der Waals surface area contributed by atoms with Crippen molar-refractivity contribution in [3.8, 4) is 0 Å². The molecule has 1 aliphatic rings. The van der Waals surface area contributed by atoms with Gasteiger partial charge in [0.1, 0.15) is 0 Å². The van der Waals surface area contributed by atoms with Crippen LogP contribution in [-0.2, 0) is 6.54 Å². The minimum atomic E-state index is -2.58. The molecule has 1 atom stereocenters. The molecule has 1 saturated carbocycles. The number of aromatic nitrogens is 1. The zero-order chi connectivity index (χ0) is 13.6. The van der Waals surface area contributed by atoms with E-state index in [-0.39, 0.29) is 18.8 Å². The molecule has 102 valence electrons. The Bertz CT molecular complexity index is 677. The van der Waals surface area contributed by atoms with Gasteiger partial charge in [-0.15, -0.1) is 0 Å². The van der Waals surface area contributed by atoms with Crippen LogP contribution in [0.5, 0.6) is 0 Å². The van der Waals surface area contributed by atoms with Gasteiger partial charge in [-0.05, 0) is 53.1 Å². The van der Waals surface area contributed by atoms with E-state index in [0.29, 0.717) is 24.1 Å². The highest BCUT2D eigenvalue weighted by Gasteiger charge is 2.39. The van der Waals surface area contributed by atoms with Gasteiger partial charge in [0, 0.05) is 23.0 Å². The van der Waals surface area contributed by atoms with Gasteiger partial charge >= 0.3 is 5.76 Å². The molecule has 1 aromatic heterocycles. The van der Waals surface area contributed by atoms with Gasteiger partial charge in [0.15, 0.2) is 5.58 Å². The molecule has 0 amide bonds. The molecule has 1 aliphatic carbocycles. The summed E-state index contributed by atoms with van der Waals surface area (Å²) in [7, 11) is 0. The summed E-state index contributed by atoms with van der Waals surface area (Å²) in [6.45, 7) is 0.308. The second-order valence-corrected chi connectivity index (χ2v) is 6.30. The van der Waals surface area contributed by atoms with Crippen LogP contribution < -0.4 is 5.76 Å². The van der Waals surface area contributed by atoms with Crippen molar-refractivity contribution < 1.29 is 13.2 Å². The Balaban J connectivity index is 1.93. The molecule has 1 fully saturated rings. The molecule has 3 rings (SSSR count). The van der Waals surface area contributed by atoms with E-state index in [0.717, 1.165) is 3.57 Å². The lowest BCUT2D eigenvalue weighted by Crippen LogP contribution is -2.20. The number of halogens is 3. The Kier molecular flexibility index (Phi) is 3.15. The molecule has 0 radical (unpaired) electrons. The molecule has 0 aliphatic heterocycles. The second kappa shape index (κ2) is 4.57. The number of alkyl halides is 2. The van der Waals surface area contributed by atoms with Crippen molar-refractivity contribution in [3.05, 3.63) is 32.3 Å². The van der Waals surface area contributed by atoms with E-state index in [1.165, 1.54) is 4.57 Å². The minimum Gasteiger partial charge on any atom is -0.408 e. The zero-order valence-electron chi connectivity index (χ0n) is 10.0. The first-order valence-electron chi connectivity index (χ1n) is 6.11. The highest BCUT2D eigenvalue weighted by atomic mass is 127. The van der Waals surface area contributed by atoms with Crippen LogP contribution in [-0.4, -0.2) is 10.5 Å². The minimum absolute atomic E-state index is 0.0832. The molecule has 1 unspecified atom stereocenters. The molecular formula is C13H12F2INO2. The third kappa shape index (κ3) is 2.54. The maximum absolute atomic E-state index is 13.2. The van der Waals surface area contributed by atoms with Crippen molar-refractivity contribution in [2.75, 3.05) is 0 Å². The summed E-state index contributed by atoms with van der Waals surface area (Å²) in [5.41, 5.74) is 1.20. The summed E-state index contributed by atoms with van der Waals surface area (Å²) in [6.07, 6.45) is 0.229. The molecule has 6 heteroatoms. The van der Waals surface area contributed by atoms with Gasteiger partial charge < -0.3 is 4.42 Å². The molecule has 0 N–H and O–H groups in total. The van der Waals surface area contributed by atoms with Crippen molar-refractivity contribution in [2.45, 2.75) is 31.7 Å². The van der Waals surface area contributed by atoms with Crippen molar-refractivity contribution in [1.82, 2.24) is 4.57 Å². The van der Waals surface area contributed by atoms with E-state index in [4.69, 9.17) is 4.42 Å². The normalized spacial score (nSPS) is 22.2. The number of oxazole rings is 1. The average Bonchev–Trinajstić information content (AvgIpc) is 2.80. The lowest BCUT2D eigenvalue weighted by Gasteiger charge is -2.10. The topological polar surface area (TPSA) is 35.1 Å². The fourth-order valence-corrected chi connectivity index (χ4v) is 3.13. The van der Waals surface area contributed by atoms with Crippen LogP contribution in [0.2, 0.25) is 0 Å². The monoisotopic (exact) mass is 379 g/mol. The Morgan fingerprint density at radius 2 is 2.26 bits per heavy atom. The van der Waals surface area contributed by atoms with Crippen molar-refractivity contribution in [1.29, 1.82) is 0 Å². The molecule has 3 nitrogen and oxygen atoms in total. The number of fused-ring (bicyclic) bond motifs is 1. The maximum atomic E-state index is 13.2. The first-order chi connectivity index (χ1) is 8.94. The summed E-state index contributed by atoms with van der Waals surface area (Å²) in [6, 6.07) is 5.45. The van der Waals surface area contributed by atoms with Crippen LogP contribution in [0.3, 0.4) is 0 Å². The number of hydrogen-bond acceptors (Lipinski definition) is 2. The predicted molar refractivity (Wildman–Crippen MR) is 75.5 cm³/mol. The van der Waals surface area contributed by atoms with E-state index < -0.39 is 11.7 Å². The fraction of sp³-hybridized carbons (Fsp3) is 0.462. The van der Waals surface area contributed by atoms with E-state index in [1.54, 1.807) is 12.1 Å². The molecule has 0 saturated heterocycles. The Morgan fingerprint density at radius 3 is 2.95 bits per heavy atom. The van der Waals surface area contributed by atoms with Gasteiger partial charge in [0.25, 0.3) is 0 Å². The summed E-state index contributed by atoms with van der Waals surface area (Å²) < 4.78 is 34.0. The summed E-state index contributed by atoms with van der Waals surface area (Å²) in [5, 5.41) is 0. The average molecular weight is 379 g/mol. The number of hydrogen-bond donors (Lipinski definition) is 0. The number of nitrogens with zero attached hydrogens (tertiary/aromatic N) is 1. The quantitative estimate of drug-likeness (QED) is 0.747. The predicted octanol–water partition coefficient (Wildman–Crippen LogP) is 3.63. The number of rotatable bonds is 2. The standard InChI is InChI=1S/C13H12F2INO2/c14-13(15)4-3-8(6-13)7-17-10-2-1-9(16)5-11(10)19-12(17)18/h1-2,5,8H,3-4,6-7H2. The van der Waals surface area contributed by atoms with Gasteiger partial charge in [-0.1, -0.05) is 0 Å². The third-order valence-electron chi connectivity index (χ3n) is 3.58. The summed E-state index contributed by atoms with van der Waals surface area (Å²) >= 11 is 2.13. The largest absolute Gasteiger partial charge is 0.419 e. The van der Waals surface area contributed by atoms with E-state index in [1.807, 2.05) is 6.07 Å². The van der Waals surface area contributed by atoms with Gasteiger partial charge in [-0.25, -0.2) is 13.6 Å². The van der Waals surface area contributed by atoms with Crippen molar-refractivity contribution in [3.63, 3.8) is 0 Å². The zero-order valence-corrected chi connectivity index (χ0v) is 12.2. The van der Waals surface area contributed by atoms with Crippen LogP contribution in [0.1, 0.15) is 19.3 Å². The van der Waals surface area contributed by atoms with Gasteiger partial charge in [-0.2, -0.15) is 0 Å². The highest BCUT2D eigenvalue weighted by molar-refractivity contribution is 14.1. The fourth-order valence-electron chi connectivity index (χ4n) is 2.67. The number of benzene rings is 1. The van der Waals surface area contributed by atoms with Gasteiger partial charge in [-0.3, -0.25) is 4.57 Å². The Hall–Kier alpha value is -0.920. The molecule has 0 spiro atoms. The highest BCUT2D eigenvalue weighted by Crippen LogP contribution is 2.39. The van der Waals surface area contributed by atoms with E-state index >= 15 is 0 Å². The molecule has 2 aromatic rings. The van der Waals surface area contributed by atoms with Gasteiger partial charge in [0.2, 0.25) is 5.92 Å². The molecular weight excluding hydrogens is 367 g/mol. The first kappa shape index (κ1) is 13.1. The summed E-state index contributed by atoms with van der Waals surface area (Å²) in [5.74, 6) is -3.21. The third-order valence-corrected chi connectivity index (χ3v) is 4.25. The maximum Gasteiger partial charge on any atom is 0.419 e. The molecule has 0 bridgehead atoms. The van der Waals surface area contributed by atoms with E-state index in [9.17, 15) is 13.6 Å². The molecule has 1 heterocycles. The Labute approximate surface area is 121 Å². The van der Waals surface area contributed by atoms with Gasteiger partial charge in [0.05, 0.1) is 5.52 Å². The van der Waals surface area contributed by atoms with Crippen LogP contribution in [0, 0.1) is 9.49 Å². The van der Waals surface area contributed by atoms with Crippen LogP contribution >= 0.6 is 22.6 Å². The van der Waals surface area contributed by atoms with Crippen LogP contribution in [0.25, 0.3) is 11.1 Å². The smallest absolute Gasteiger partial charge is 0.408 e. The lowest BCUT2D eigenvalue weighted by atomic mass is 10.1. The van der Waals surface area contributed by atoms with Crippen LogP contribution in [0.4, 0.5) is 8.78 Å². The molecule has 19 heavy (non-hydrogen) atoms. The van der Waals surface area contributed by atoms with Crippen molar-refractivity contribution >= 4 is 33.7 Å². The van der Waals surface area contributed by atoms with Crippen LogP contribution in [0.15, 0.2) is 27.4 Å².